The van der Waals surface area contributed by atoms with Gasteiger partial charge in [0.2, 0.25) is 29.5 Å². The molecular formula is C47H63N9O6. The number of benzene rings is 3. The maximum atomic E-state index is 14.4. The first-order valence-electron chi connectivity index (χ1n) is 22.0. The van der Waals surface area contributed by atoms with Crippen LogP contribution >= 0.6 is 0 Å². The van der Waals surface area contributed by atoms with E-state index < -0.39 is 41.9 Å². The summed E-state index contributed by atoms with van der Waals surface area (Å²) in [7, 11) is 0. The number of fused-ring (bicyclic) bond motifs is 1. The topological polar surface area (TPSA) is 246 Å². The second-order valence-electron chi connectivity index (χ2n) is 16.1. The smallest absolute Gasteiger partial charge is 0.243 e. The lowest BCUT2D eigenvalue weighted by Crippen LogP contribution is -2.59. The number of carbonyl (C=O) groups excluding carboxylic acids is 5. The molecule has 0 aliphatic carbocycles. The molecule has 1 aliphatic heterocycles. The van der Waals surface area contributed by atoms with E-state index in [9.17, 15) is 29.1 Å². The standard InChI is InChI=1S/C47H63N9O6/c48-47(49)51-27-15-20-38-44(60)56-41(30-34-31-52-37-19-13-12-18-36(34)37)43(59)50-26-14-7-5-3-1-2-4-6-11-21-42(58)53-39(29-33-22-24-35(57)25-23-33)45(61)55-40(46(62)54-38)28-32-16-9-8-10-17-32/h8-10,12-13,16-19,22-25,31,38-41,52,57H,1-7,11,14-15,20-21,26-30H2,(H,50,59)(H,53,58)(H,54,62)(H,55,61)(H,56,60)(H4,48,49,51)/t38-,39-,40+,41-/m0/s1. The fraction of sp³-hybridized carbons (Fsp3) is 0.447. The van der Waals surface area contributed by atoms with E-state index in [0.29, 0.717) is 24.9 Å². The largest absolute Gasteiger partial charge is 0.508 e. The van der Waals surface area contributed by atoms with Crippen molar-refractivity contribution in [3.05, 3.63) is 102 Å². The summed E-state index contributed by atoms with van der Waals surface area (Å²) in [5.74, 6) is -2.47. The number of aliphatic imine (C=N–C) groups is 1. The van der Waals surface area contributed by atoms with Gasteiger partial charge in [-0.3, -0.25) is 29.0 Å². The number of phenols is 1. The van der Waals surface area contributed by atoms with Crippen molar-refractivity contribution in [1.82, 2.24) is 31.6 Å². The minimum atomic E-state index is -1.17. The Hall–Kier alpha value is -6.38. The Bertz CT molecular complexity index is 2080. The fourth-order valence-corrected chi connectivity index (χ4v) is 7.70. The molecule has 15 heteroatoms. The maximum Gasteiger partial charge on any atom is 0.243 e. The van der Waals surface area contributed by atoms with Gasteiger partial charge in [0.15, 0.2) is 5.96 Å². The summed E-state index contributed by atoms with van der Waals surface area (Å²) in [6.07, 6.45) is 11.4. The van der Waals surface area contributed by atoms with Crippen molar-refractivity contribution in [1.29, 1.82) is 0 Å². The molecular weight excluding hydrogens is 787 g/mol. The first kappa shape index (κ1) is 46.7. The number of nitrogens with one attached hydrogen (secondary N) is 6. The molecule has 11 N–H and O–H groups in total. The minimum absolute atomic E-state index is 0.0629. The molecule has 5 amide bonds. The van der Waals surface area contributed by atoms with Gasteiger partial charge in [0.05, 0.1) is 0 Å². The van der Waals surface area contributed by atoms with E-state index in [1.807, 2.05) is 60.8 Å². The number of nitrogens with zero attached hydrogens (tertiary/aromatic N) is 1. The van der Waals surface area contributed by atoms with Crippen molar-refractivity contribution in [2.45, 2.75) is 120 Å². The quantitative estimate of drug-likeness (QED) is 0.0642. The molecule has 5 rings (SSSR count). The molecule has 3 aromatic carbocycles. The Labute approximate surface area is 363 Å². The molecule has 1 saturated heterocycles. The van der Waals surface area contributed by atoms with Crippen molar-refractivity contribution >= 4 is 46.4 Å². The van der Waals surface area contributed by atoms with Crippen LogP contribution in [0.3, 0.4) is 0 Å². The molecule has 62 heavy (non-hydrogen) atoms. The zero-order valence-corrected chi connectivity index (χ0v) is 35.5. The first-order chi connectivity index (χ1) is 30.0. The van der Waals surface area contributed by atoms with Crippen LogP contribution in [0.15, 0.2) is 90.1 Å². The third-order valence-corrected chi connectivity index (χ3v) is 11.1. The van der Waals surface area contributed by atoms with Crippen LogP contribution in [-0.4, -0.2) is 82.8 Å². The zero-order valence-electron chi connectivity index (χ0n) is 35.5. The number of para-hydroxylation sites is 1. The summed E-state index contributed by atoms with van der Waals surface area (Å²) in [5, 5.41) is 25.5. The Morgan fingerprint density at radius 1 is 0.597 bits per heavy atom. The second-order valence-corrected chi connectivity index (χ2v) is 16.1. The number of guanidine groups is 1. The van der Waals surface area contributed by atoms with Gasteiger partial charge in [-0.1, -0.05) is 106 Å². The number of aromatic amines is 1. The Morgan fingerprint density at radius 3 is 1.82 bits per heavy atom. The lowest BCUT2D eigenvalue weighted by molar-refractivity contribution is -0.134. The number of nitrogens with two attached hydrogens (primary N) is 2. The number of hydrogen-bond donors (Lipinski definition) is 9. The van der Waals surface area contributed by atoms with Gasteiger partial charge in [-0.25, -0.2) is 0 Å². The van der Waals surface area contributed by atoms with Gasteiger partial charge >= 0.3 is 0 Å². The van der Waals surface area contributed by atoms with Crippen molar-refractivity contribution in [3.8, 4) is 5.75 Å². The number of aromatic hydroxyl groups is 1. The third kappa shape index (κ3) is 15.6. The summed E-state index contributed by atoms with van der Waals surface area (Å²) in [4.78, 5) is 77.5. The van der Waals surface area contributed by atoms with E-state index in [4.69, 9.17) is 11.5 Å². The molecule has 332 valence electrons. The monoisotopic (exact) mass is 849 g/mol. The van der Waals surface area contributed by atoms with E-state index in [0.717, 1.165) is 73.4 Å². The van der Waals surface area contributed by atoms with Crippen LogP contribution in [0, 0.1) is 0 Å². The molecule has 0 spiro atoms. The highest BCUT2D eigenvalue weighted by Crippen LogP contribution is 2.20. The highest BCUT2D eigenvalue weighted by atomic mass is 16.3. The molecule has 0 bridgehead atoms. The molecule has 0 saturated carbocycles. The third-order valence-electron chi connectivity index (χ3n) is 11.1. The average molecular weight is 850 g/mol. The van der Waals surface area contributed by atoms with Gasteiger partial charge in [0.1, 0.15) is 29.9 Å². The maximum absolute atomic E-state index is 14.4. The van der Waals surface area contributed by atoms with Gasteiger partial charge in [0, 0.05) is 55.9 Å². The lowest BCUT2D eigenvalue weighted by atomic mass is 10.0. The predicted molar refractivity (Wildman–Crippen MR) is 241 cm³/mol. The number of carbonyl (C=O) groups is 5. The van der Waals surface area contributed by atoms with Gasteiger partial charge < -0.3 is 48.1 Å². The van der Waals surface area contributed by atoms with Crippen LogP contribution < -0.4 is 38.1 Å². The summed E-state index contributed by atoms with van der Waals surface area (Å²) < 4.78 is 0. The van der Waals surface area contributed by atoms with Gasteiger partial charge in [-0.2, -0.15) is 0 Å². The second kappa shape index (κ2) is 24.8. The SMILES string of the molecule is NC(N)=NCCC[C@@H]1NC(=O)[C@@H](Cc2ccccc2)NC(=O)[C@H](Cc2ccc(O)cc2)NC(=O)CCCCCCCCCCCNC(=O)[C@H](Cc2c[nH]c3ccccc23)NC1=O. The highest BCUT2D eigenvalue weighted by molar-refractivity contribution is 5.96. The molecule has 0 unspecified atom stereocenters. The van der Waals surface area contributed by atoms with Crippen LogP contribution in [0.1, 0.15) is 93.7 Å². The number of phenolic OH excluding ortho intramolecular Hbond substituents is 1. The van der Waals surface area contributed by atoms with Gasteiger partial charge in [-0.05, 0) is 60.6 Å². The van der Waals surface area contributed by atoms with Gasteiger partial charge in [0.25, 0.3) is 0 Å². The van der Waals surface area contributed by atoms with E-state index in [-0.39, 0.29) is 62.2 Å². The lowest BCUT2D eigenvalue weighted by Gasteiger charge is -2.27. The molecule has 4 atom stereocenters. The Morgan fingerprint density at radius 2 is 1.15 bits per heavy atom. The zero-order chi connectivity index (χ0) is 44.1. The number of amides is 5. The normalized spacial score (nSPS) is 20.9. The molecule has 0 radical (unpaired) electrons. The molecule has 1 aromatic heterocycles. The predicted octanol–water partition coefficient (Wildman–Crippen LogP) is 3.93. The van der Waals surface area contributed by atoms with Crippen LogP contribution in [0.2, 0.25) is 0 Å². The molecule has 1 fully saturated rings. The van der Waals surface area contributed by atoms with E-state index in [2.05, 4.69) is 36.6 Å². The molecule has 15 nitrogen and oxygen atoms in total. The number of aromatic nitrogens is 1. The molecule has 2 heterocycles. The van der Waals surface area contributed by atoms with Crippen LogP contribution in [0.25, 0.3) is 10.9 Å². The highest BCUT2D eigenvalue weighted by Gasteiger charge is 2.32. The number of rotatable bonds is 10. The van der Waals surface area contributed by atoms with Crippen LogP contribution in [0.5, 0.6) is 5.75 Å². The summed E-state index contributed by atoms with van der Waals surface area (Å²) in [5.41, 5.74) is 14.3. The number of hydrogen-bond acceptors (Lipinski definition) is 7. The van der Waals surface area contributed by atoms with Gasteiger partial charge in [-0.15, -0.1) is 0 Å². The number of H-pyrrole nitrogens is 1. The Balaban J connectivity index is 1.44. The molecule has 4 aromatic rings. The van der Waals surface area contributed by atoms with Crippen LogP contribution in [-0.2, 0) is 43.2 Å². The van der Waals surface area contributed by atoms with E-state index in [1.165, 1.54) is 12.1 Å². The molecule has 1 aliphatic rings. The summed E-state index contributed by atoms with van der Waals surface area (Å²) >= 11 is 0. The van der Waals surface area contributed by atoms with E-state index >= 15 is 0 Å². The van der Waals surface area contributed by atoms with Crippen LogP contribution in [0.4, 0.5) is 0 Å². The summed E-state index contributed by atoms with van der Waals surface area (Å²) in [6, 6.07) is 18.9. The fourth-order valence-electron chi connectivity index (χ4n) is 7.70. The minimum Gasteiger partial charge on any atom is -0.508 e. The average Bonchev–Trinajstić information content (AvgIpc) is 3.67. The first-order valence-corrected chi connectivity index (χ1v) is 22.0. The van der Waals surface area contributed by atoms with Crippen molar-refractivity contribution in [2.75, 3.05) is 13.1 Å². The van der Waals surface area contributed by atoms with Crippen molar-refractivity contribution < 1.29 is 29.1 Å². The summed E-state index contributed by atoms with van der Waals surface area (Å²) in [6.45, 7) is 0.637. The van der Waals surface area contributed by atoms with Crippen molar-refractivity contribution in [2.24, 2.45) is 16.5 Å². The Kier molecular flexibility index (Phi) is 18.7. The van der Waals surface area contributed by atoms with Crippen molar-refractivity contribution in [3.63, 3.8) is 0 Å². The van der Waals surface area contributed by atoms with E-state index in [1.54, 1.807) is 12.1 Å².